The maximum absolute atomic E-state index is 12.9. The third-order valence-corrected chi connectivity index (χ3v) is 7.82. The van der Waals surface area contributed by atoms with Crippen LogP contribution in [0.2, 0.25) is 5.02 Å². The van der Waals surface area contributed by atoms with Gasteiger partial charge in [-0.3, -0.25) is 14.6 Å². The van der Waals surface area contributed by atoms with Crippen molar-refractivity contribution in [1.82, 2.24) is 19.8 Å². The van der Waals surface area contributed by atoms with Crippen LogP contribution in [0.4, 0.5) is 16.3 Å². The second kappa shape index (κ2) is 10.0. The van der Waals surface area contributed by atoms with Crippen LogP contribution in [0.5, 0.6) is 0 Å². The first-order valence-corrected chi connectivity index (χ1v) is 13.2. The van der Waals surface area contributed by atoms with Gasteiger partial charge in [0.05, 0.1) is 24.2 Å². The molecule has 3 aromatic rings. The number of benzene rings is 2. The Morgan fingerprint density at radius 2 is 1.79 bits per heavy atom. The smallest absolute Gasteiger partial charge is 0.414 e. The summed E-state index contributed by atoms with van der Waals surface area (Å²) in [5, 5.41) is 12.5. The fourth-order valence-electron chi connectivity index (χ4n) is 5.58. The number of aromatic nitrogens is 2. The number of piperazine rings is 1. The minimum Gasteiger partial charge on any atom is -0.447 e. The fourth-order valence-corrected chi connectivity index (χ4v) is 5.71. The number of anilines is 2. The highest BCUT2D eigenvalue weighted by molar-refractivity contribution is 6.30. The topological polar surface area (TPSA) is 102 Å². The van der Waals surface area contributed by atoms with E-state index < -0.39 is 6.10 Å². The number of amides is 2. The van der Waals surface area contributed by atoms with Gasteiger partial charge >= 0.3 is 6.09 Å². The maximum atomic E-state index is 12.9. The first kappa shape index (κ1) is 24.8. The Labute approximate surface area is 225 Å². The molecule has 38 heavy (non-hydrogen) atoms. The summed E-state index contributed by atoms with van der Waals surface area (Å²) in [7, 11) is 0. The Morgan fingerprint density at radius 3 is 2.50 bits per heavy atom. The van der Waals surface area contributed by atoms with Gasteiger partial charge in [0, 0.05) is 60.9 Å². The Balaban J connectivity index is 1.18. The second-order valence-electron chi connectivity index (χ2n) is 9.94. The number of hydrogen-bond donors (Lipinski definition) is 1. The molecule has 1 aromatic heterocycles. The zero-order valence-corrected chi connectivity index (χ0v) is 21.8. The first-order chi connectivity index (χ1) is 18.4. The average molecular weight is 537 g/mol. The number of aliphatic hydroxyl groups is 1. The molecule has 6 rings (SSSR count). The van der Waals surface area contributed by atoms with Gasteiger partial charge in [-0.1, -0.05) is 11.6 Å². The SMILES string of the molecule is Cc1nc(N2C[C@H](O)[C@@H](N3CCN(C(=O)c4ccc(Cl)cc4)CC3)C2)c2cc(N3CCOC3=O)ccc2n1. The number of β-amino-alcohol motifs (C(OH)–C–C–N with tert-alkyl or cyclic N) is 1. The molecule has 1 N–H and O–H groups in total. The lowest BCUT2D eigenvalue weighted by Gasteiger charge is -2.38. The molecule has 2 atom stereocenters. The Hall–Kier alpha value is -3.47. The highest BCUT2D eigenvalue weighted by atomic mass is 35.5. The number of nitrogens with zero attached hydrogens (tertiary/aromatic N) is 6. The van der Waals surface area contributed by atoms with Gasteiger partial charge in [-0.25, -0.2) is 14.8 Å². The normalized spacial score (nSPS) is 22.4. The van der Waals surface area contributed by atoms with Crippen molar-refractivity contribution in [2.45, 2.75) is 19.1 Å². The van der Waals surface area contributed by atoms with Gasteiger partial charge < -0.3 is 19.6 Å². The zero-order valence-electron chi connectivity index (χ0n) is 21.1. The molecule has 0 bridgehead atoms. The van der Waals surface area contributed by atoms with Crippen LogP contribution in [0, 0.1) is 6.92 Å². The summed E-state index contributed by atoms with van der Waals surface area (Å²) in [5.41, 5.74) is 2.16. The van der Waals surface area contributed by atoms with Gasteiger partial charge in [0.1, 0.15) is 18.2 Å². The average Bonchev–Trinajstić information content (AvgIpc) is 3.53. The van der Waals surface area contributed by atoms with E-state index in [1.54, 1.807) is 29.2 Å². The van der Waals surface area contributed by atoms with E-state index in [1.807, 2.05) is 30.0 Å². The van der Waals surface area contributed by atoms with Gasteiger partial charge in [-0.2, -0.15) is 0 Å². The minimum absolute atomic E-state index is 0.00414. The first-order valence-electron chi connectivity index (χ1n) is 12.8. The zero-order chi connectivity index (χ0) is 26.4. The summed E-state index contributed by atoms with van der Waals surface area (Å²) < 4.78 is 5.11. The van der Waals surface area contributed by atoms with Crippen molar-refractivity contribution >= 4 is 46.0 Å². The Kier molecular flexibility index (Phi) is 6.55. The predicted octanol–water partition coefficient (Wildman–Crippen LogP) is 2.56. The number of ether oxygens (including phenoxy) is 1. The summed E-state index contributed by atoms with van der Waals surface area (Å²) >= 11 is 5.96. The lowest BCUT2D eigenvalue weighted by molar-refractivity contribution is 0.0376. The van der Waals surface area contributed by atoms with Gasteiger partial charge in [0.2, 0.25) is 0 Å². The number of hydrogen-bond acceptors (Lipinski definition) is 8. The molecule has 3 aliphatic rings. The van der Waals surface area contributed by atoms with Gasteiger partial charge in [0.15, 0.2) is 0 Å². The Bertz CT molecular complexity index is 1380. The van der Waals surface area contributed by atoms with Crippen LogP contribution in [0.15, 0.2) is 42.5 Å². The summed E-state index contributed by atoms with van der Waals surface area (Å²) in [5.74, 6) is 1.39. The number of aliphatic hydroxyl groups excluding tert-OH is 1. The predicted molar refractivity (Wildman–Crippen MR) is 144 cm³/mol. The van der Waals surface area contributed by atoms with Crippen molar-refractivity contribution in [3.05, 3.63) is 58.9 Å². The van der Waals surface area contributed by atoms with E-state index in [0.29, 0.717) is 68.8 Å². The molecule has 4 heterocycles. The van der Waals surface area contributed by atoms with Crippen LogP contribution in [0.25, 0.3) is 10.9 Å². The van der Waals surface area contributed by atoms with Crippen LogP contribution in [0.1, 0.15) is 16.2 Å². The van der Waals surface area contributed by atoms with E-state index in [1.165, 1.54) is 0 Å². The third-order valence-electron chi connectivity index (χ3n) is 7.56. The van der Waals surface area contributed by atoms with Crippen LogP contribution in [-0.2, 0) is 4.74 Å². The van der Waals surface area contributed by atoms with Crippen LogP contribution >= 0.6 is 11.6 Å². The van der Waals surface area contributed by atoms with Crippen molar-refractivity contribution < 1.29 is 19.4 Å². The summed E-state index contributed by atoms with van der Waals surface area (Å²) in [6.45, 7) is 6.32. The molecule has 0 spiro atoms. The molecule has 0 aliphatic carbocycles. The van der Waals surface area contributed by atoms with Crippen LogP contribution in [0.3, 0.4) is 0 Å². The van der Waals surface area contributed by atoms with Gasteiger partial charge in [-0.05, 0) is 49.4 Å². The second-order valence-corrected chi connectivity index (χ2v) is 10.4. The summed E-state index contributed by atoms with van der Waals surface area (Å²) in [6.07, 6.45) is -0.917. The number of fused-ring (bicyclic) bond motifs is 1. The lowest BCUT2D eigenvalue weighted by atomic mass is 10.1. The molecule has 11 heteroatoms. The molecule has 2 amide bonds. The van der Waals surface area contributed by atoms with Crippen molar-refractivity contribution in [3.8, 4) is 0 Å². The molecule has 2 aromatic carbocycles. The van der Waals surface area contributed by atoms with Crippen LogP contribution in [-0.4, -0.2) is 101 Å². The highest BCUT2D eigenvalue weighted by Gasteiger charge is 2.38. The van der Waals surface area contributed by atoms with E-state index in [-0.39, 0.29) is 18.0 Å². The molecular formula is C27H29ClN6O4. The van der Waals surface area contributed by atoms with Gasteiger partial charge in [-0.15, -0.1) is 0 Å². The van der Waals surface area contributed by atoms with Crippen molar-refractivity contribution in [2.75, 3.05) is 62.2 Å². The van der Waals surface area contributed by atoms with Crippen LogP contribution < -0.4 is 9.80 Å². The molecule has 10 nitrogen and oxygen atoms in total. The number of aryl methyl sites for hydroxylation is 1. The van der Waals surface area contributed by atoms with Crippen molar-refractivity contribution in [2.24, 2.45) is 0 Å². The van der Waals surface area contributed by atoms with E-state index >= 15 is 0 Å². The molecule has 3 saturated heterocycles. The molecule has 198 valence electrons. The summed E-state index contributed by atoms with van der Waals surface area (Å²) in [4.78, 5) is 42.2. The van der Waals surface area contributed by atoms with Crippen molar-refractivity contribution in [1.29, 1.82) is 0 Å². The largest absolute Gasteiger partial charge is 0.447 e. The molecule has 0 radical (unpaired) electrons. The summed E-state index contributed by atoms with van der Waals surface area (Å²) in [6, 6.07) is 12.6. The highest BCUT2D eigenvalue weighted by Crippen LogP contribution is 2.32. The standard InChI is InChI=1S/C27H29ClN6O4/c1-17-29-22-7-6-20(34-12-13-38-27(34)37)14-21(22)25(30-17)33-15-23(24(35)16-33)31-8-10-32(11-9-31)26(36)18-2-4-19(28)5-3-18/h2-7,14,23-24,35H,8-13,15-16H2,1H3/t23-,24-/m0/s1. The van der Waals surface area contributed by atoms with E-state index in [2.05, 4.69) is 14.8 Å². The minimum atomic E-state index is -0.560. The number of carbonyl (C=O) groups excluding carboxylic acids is 2. The van der Waals surface area contributed by atoms with Crippen molar-refractivity contribution in [3.63, 3.8) is 0 Å². The number of rotatable bonds is 4. The van der Waals surface area contributed by atoms with E-state index in [0.717, 1.165) is 22.4 Å². The molecule has 0 saturated carbocycles. The monoisotopic (exact) mass is 536 g/mol. The Morgan fingerprint density at radius 1 is 1.03 bits per heavy atom. The molecule has 3 aliphatic heterocycles. The van der Waals surface area contributed by atoms with Gasteiger partial charge in [0.25, 0.3) is 5.91 Å². The molecule has 0 unspecified atom stereocenters. The molecular weight excluding hydrogens is 508 g/mol. The fraction of sp³-hybridized carbons (Fsp3) is 0.407. The van der Waals surface area contributed by atoms with E-state index in [4.69, 9.17) is 21.3 Å². The quantitative estimate of drug-likeness (QED) is 0.543. The number of cyclic esters (lactones) is 1. The number of halogens is 1. The molecule has 3 fully saturated rings. The van der Waals surface area contributed by atoms with E-state index in [9.17, 15) is 14.7 Å². The maximum Gasteiger partial charge on any atom is 0.414 e. The lowest BCUT2D eigenvalue weighted by Crippen LogP contribution is -2.54. The third kappa shape index (κ3) is 4.63. The number of carbonyl (C=O) groups is 2.